The Kier molecular flexibility index (Phi) is 14.8. The van der Waals surface area contributed by atoms with E-state index in [9.17, 15) is 0 Å². The molecule has 21 heavy (non-hydrogen) atoms. The van der Waals surface area contributed by atoms with Crippen LogP contribution in [0.1, 0.15) is 58.1 Å². The van der Waals surface area contributed by atoms with Gasteiger partial charge in [0, 0.05) is 12.7 Å². The monoisotopic (exact) mass is 297 g/mol. The van der Waals surface area contributed by atoms with E-state index in [4.69, 9.17) is 0 Å². The molecule has 0 fully saturated rings. The molecule has 5 nitrogen and oxygen atoms in total. The Bertz CT molecular complexity index is 311. The highest BCUT2D eigenvalue weighted by Crippen LogP contribution is 1.98. The Balaban J connectivity index is 0.00000191. The van der Waals surface area contributed by atoms with Crippen LogP contribution in [0.15, 0.2) is 6.20 Å². The second-order valence-electron chi connectivity index (χ2n) is 5.10. The number of hydrogen-bond acceptors (Lipinski definition) is 4. The van der Waals surface area contributed by atoms with Crippen molar-refractivity contribution in [2.75, 3.05) is 26.7 Å². The van der Waals surface area contributed by atoms with Gasteiger partial charge in [0.15, 0.2) is 0 Å². The maximum Gasteiger partial charge on any atom is 0.0796 e. The van der Waals surface area contributed by atoms with Crippen LogP contribution in [0, 0.1) is 6.92 Å². The van der Waals surface area contributed by atoms with E-state index in [1.54, 1.807) is 0 Å². The van der Waals surface area contributed by atoms with Crippen LogP contribution in [0.4, 0.5) is 0 Å². The molecule has 124 valence electrons. The fourth-order valence-electron chi connectivity index (χ4n) is 2.06. The van der Waals surface area contributed by atoms with Gasteiger partial charge < -0.3 is 10.6 Å². The molecule has 0 aromatic carbocycles. The average Bonchev–Trinajstić information content (AvgIpc) is 2.92. The first-order valence-corrected chi connectivity index (χ1v) is 8.55. The SMILES string of the molecule is CC.CNCCCCCCNCCCCn1cc(C)nn1. The predicted octanol–water partition coefficient (Wildman–Crippen LogP) is 2.76. The molecule has 0 saturated heterocycles. The van der Waals surface area contributed by atoms with Gasteiger partial charge in [0.1, 0.15) is 0 Å². The minimum Gasteiger partial charge on any atom is -0.320 e. The van der Waals surface area contributed by atoms with Gasteiger partial charge in [0.2, 0.25) is 0 Å². The molecule has 0 atom stereocenters. The first-order chi connectivity index (χ1) is 10.3. The first kappa shape index (κ1) is 20.1. The van der Waals surface area contributed by atoms with E-state index in [1.165, 1.54) is 32.1 Å². The number of unbranched alkanes of at least 4 members (excludes halogenated alkanes) is 4. The molecule has 1 rings (SSSR count). The minimum absolute atomic E-state index is 0.979. The number of aromatic nitrogens is 3. The van der Waals surface area contributed by atoms with Gasteiger partial charge in [0.25, 0.3) is 0 Å². The zero-order valence-electron chi connectivity index (χ0n) is 14.5. The number of nitrogens with zero attached hydrogens (tertiary/aromatic N) is 3. The van der Waals surface area contributed by atoms with Crippen LogP contribution in [0.3, 0.4) is 0 Å². The van der Waals surface area contributed by atoms with E-state index in [-0.39, 0.29) is 0 Å². The van der Waals surface area contributed by atoms with Crippen LogP contribution in [0.2, 0.25) is 0 Å². The maximum absolute atomic E-state index is 4.04. The van der Waals surface area contributed by atoms with Crippen molar-refractivity contribution >= 4 is 0 Å². The van der Waals surface area contributed by atoms with E-state index in [0.717, 1.165) is 38.3 Å². The van der Waals surface area contributed by atoms with E-state index >= 15 is 0 Å². The molecule has 0 amide bonds. The zero-order valence-corrected chi connectivity index (χ0v) is 14.5. The number of aryl methyl sites for hydroxylation is 2. The second kappa shape index (κ2) is 15.4. The molecule has 0 aliphatic rings. The Morgan fingerprint density at radius 2 is 1.57 bits per heavy atom. The molecule has 0 spiro atoms. The van der Waals surface area contributed by atoms with Crippen molar-refractivity contribution in [3.63, 3.8) is 0 Å². The predicted molar refractivity (Wildman–Crippen MR) is 90.6 cm³/mol. The van der Waals surface area contributed by atoms with Gasteiger partial charge in [-0.25, -0.2) is 0 Å². The van der Waals surface area contributed by atoms with Crippen molar-refractivity contribution in [2.45, 2.75) is 65.8 Å². The van der Waals surface area contributed by atoms with E-state index in [1.807, 2.05) is 38.7 Å². The topological polar surface area (TPSA) is 54.8 Å². The molecule has 1 aromatic rings. The highest BCUT2D eigenvalue weighted by molar-refractivity contribution is 4.86. The third-order valence-corrected chi connectivity index (χ3v) is 3.17. The number of rotatable bonds is 12. The van der Waals surface area contributed by atoms with E-state index in [0.29, 0.717) is 0 Å². The van der Waals surface area contributed by atoms with Crippen molar-refractivity contribution < 1.29 is 0 Å². The van der Waals surface area contributed by atoms with Crippen molar-refractivity contribution in [3.05, 3.63) is 11.9 Å². The van der Waals surface area contributed by atoms with Crippen LogP contribution in [-0.4, -0.2) is 41.7 Å². The van der Waals surface area contributed by atoms with Gasteiger partial charge in [-0.1, -0.05) is 31.9 Å². The summed E-state index contributed by atoms with van der Waals surface area (Å²) in [4.78, 5) is 0. The summed E-state index contributed by atoms with van der Waals surface area (Å²) < 4.78 is 1.93. The number of hydrogen-bond donors (Lipinski definition) is 2. The first-order valence-electron chi connectivity index (χ1n) is 8.55. The summed E-state index contributed by atoms with van der Waals surface area (Å²) in [7, 11) is 2.02. The lowest BCUT2D eigenvalue weighted by Gasteiger charge is -2.05. The number of nitrogens with one attached hydrogen (secondary N) is 2. The molecule has 0 aliphatic heterocycles. The molecule has 0 aliphatic carbocycles. The molecular weight excluding hydrogens is 262 g/mol. The third-order valence-electron chi connectivity index (χ3n) is 3.17. The summed E-state index contributed by atoms with van der Waals surface area (Å²) in [6.45, 7) is 10.4. The minimum atomic E-state index is 0.979. The normalized spacial score (nSPS) is 10.3. The highest BCUT2D eigenvalue weighted by atomic mass is 15.4. The van der Waals surface area contributed by atoms with Gasteiger partial charge in [-0.3, -0.25) is 4.68 Å². The van der Waals surface area contributed by atoms with Crippen molar-refractivity contribution in [1.82, 2.24) is 25.6 Å². The fourth-order valence-corrected chi connectivity index (χ4v) is 2.06. The van der Waals surface area contributed by atoms with Crippen molar-refractivity contribution in [3.8, 4) is 0 Å². The molecule has 0 saturated carbocycles. The van der Waals surface area contributed by atoms with Gasteiger partial charge >= 0.3 is 0 Å². The Morgan fingerprint density at radius 3 is 2.14 bits per heavy atom. The van der Waals surface area contributed by atoms with Crippen LogP contribution in [0.5, 0.6) is 0 Å². The lowest BCUT2D eigenvalue weighted by molar-refractivity contribution is 0.514. The average molecular weight is 297 g/mol. The quantitative estimate of drug-likeness (QED) is 0.583. The summed E-state index contributed by atoms with van der Waals surface area (Å²) in [5, 5.41) is 14.7. The zero-order chi connectivity index (χ0) is 15.8. The largest absolute Gasteiger partial charge is 0.320 e. The Hall–Kier alpha value is -0.940. The summed E-state index contributed by atoms with van der Waals surface area (Å²) in [6, 6.07) is 0. The molecule has 1 heterocycles. The Morgan fingerprint density at radius 1 is 0.952 bits per heavy atom. The molecular formula is C16H35N5. The summed E-state index contributed by atoms with van der Waals surface area (Å²) >= 11 is 0. The van der Waals surface area contributed by atoms with Crippen LogP contribution in [-0.2, 0) is 6.54 Å². The molecule has 5 heteroatoms. The van der Waals surface area contributed by atoms with Crippen molar-refractivity contribution in [1.29, 1.82) is 0 Å². The fraction of sp³-hybridized carbons (Fsp3) is 0.875. The Labute approximate surface area is 130 Å². The van der Waals surface area contributed by atoms with Gasteiger partial charge in [-0.15, -0.1) is 5.10 Å². The van der Waals surface area contributed by atoms with Gasteiger partial charge in [-0.05, 0) is 59.3 Å². The summed E-state index contributed by atoms with van der Waals surface area (Å²) in [5.41, 5.74) is 0.997. The summed E-state index contributed by atoms with van der Waals surface area (Å²) in [6.07, 6.45) is 9.65. The van der Waals surface area contributed by atoms with Crippen molar-refractivity contribution in [2.24, 2.45) is 0 Å². The van der Waals surface area contributed by atoms with Gasteiger partial charge in [-0.2, -0.15) is 0 Å². The summed E-state index contributed by atoms with van der Waals surface area (Å²) in [5.74, 6) is 0. The van der Waals surface area contributed by atoms with Crippen LogP contribution >= 0.6 is 0 Å². The third kappa shape index (κ3) is 12.5. The highest BCUT2D eigenvalue weighted by Gasteiger charge is 1.95. The van der Waals surface area contributed by atoms with Crippen LogP contribution in [0.25, 0.3) is 0 Å². The molecule has 0 bridgehead atoms. The lowest BCUT2D eigenvalue weighted by atomic mass is 10.2. The second-order valence-corrected chi connectivity index (χ2v) is 5.10. The molecule has 2 N–H and O–H groups in total. The van der Waals surface area contributed by atoms with E-state index in [2.05, 4.69) is 20.9 Å². The van der Waals surface area contributed by atoms with E-state index < -0.39 is 0 Å². The molecule has 0 unspecified atom stereocenters. The lowest BCUT2D eigenvalue weighted by Crippen LogP contribution is -2.17. The molecule has 0 radical (unpaired) electrons. The maximum atomic E-state index is 4.04. The van der Waals surface area contributed by atoms with Crippen LogP contribution < -0.4 is 10.6 Å². The standard InChI is InChI=1S/C14H29N5.C2H6/c1-14-13-19(18-17-14)12-8-7-11-16-10-6-4-3-5-9-15-2;1-2/h13,15-16H,3-12H2,1-2H3;1-2H3. The molecule has 1 aromatic heterocycles. The van der Waals surface area contributed by atoms with Gasteiger partial charge in [0.05, 0.1) is 5.69 Å². The smallest absolute Gasteiger partial charge is 0.0796 e.